The van der Waals surface area contributed by atoms with Crippen LogP contribution < -0.4 is 4.74 Å². The highest BCUT2D eigenvalue weighted by Gasteiger charge is 2.31. The van der Waals surface area contributed by atoms with E-state index in [4.69, 9.17) is 4.74 Å². The second kappa shape index (κ2) is 8.58. The quantitative estimate of drug-likeness (QED) is 0.522. The molecule has 1 atom stereocenters. The number of carbonyl (C=O) groups excluding carboxylic acids is 1. The molecule has 0 aromatic heterocycles. The van der Waals surface area contributed by atoms with Gasteiger partial charge < -0.3 is 9.64 Å². The van der Waals surface area contributed by atoms with Crippen molar-refractivity contribution in [2.75, 3.05) is 26.2 Å². The summed E-state index contributed by atoms with van der Waals surface area (Å²) in [6.07, 6.45) is -0.797. The molecule has 0 aliphatic carbocycles. The average Bonchev–Trinajstić information content (AvgIpc) is 2.74. The summed E-state index contributed by atoms with van der Waals surface area (Å²) in [6.45, 7) is 2.52. The van der Waals surface area contributed by atoms with Gasteiger partial charge in [0.15, 0.2) is 6.10 Å². The lowest BCUT2D eigenvalue weighted by molar-refractivity contribution is -0.384. The van der Waals surface area contributed by atoms with Crippen LogP contribution in [0.5, 0.6) is 5.75 Å². The van der Waals surface area contributed by atoms with Gasteiger partial charge in [-0.15, -0.1) is 0 Å². The van der Waals surface area contributed by atoms with Gasteiger partial charge in [0, 0.05) is 38.3 Å². The summed E-state index contributed by atoms with van der Waals surface area (Å²) in [5, 5.41) is 10.7. The molecule has 1 aliphatic rings. The summed E-state index contributed by atoms with van der Waals surface area (Å²) < 4.78 is 32.3. The number of sulfonamides is 1. The Bertz CT molecular complexity index is 971. The number of rotatable bonds is 6. The summed E-state index contributed by atoms with van der Waals surface area (Å²) in [5.41, 5.74) is -0.0629. The van der Waals surface area contributed by atoms with E-state index in [0.717, 1.165) is 0 Å². The lowest BCUT2D eigenvalue weighted by Crippen LogP contribution is -2.53. The van der Waals surface area contributed by atoms with Crippen molar-refractivity contribution in [2.45, 2.75) is 17.9 Å². The third-order valence-electron chi connectivity index (χ3n) is 4.64. The molecular formula is C19H21N3O6S. The fourth-order valence-corrected chi connectivity index (χ4v) is 4.49. The standard InChI is InChI=1S/C19H21N3O6S/c1-15(28-17-9-7-16(8-10-17)22(24)25)19(23)20-11-13-21(14-12-20)29(26,27)18-5-3-2-4-6-18/h2-10,15H,11-14H2,1H3/t15-/m0/s1. The number of nitro benzene ring substituents is 1. The first-order valence-electron chi connectivity index (χ1n) is 9.04. The summed E-state index contributed by atoms with van der Waals surface area (Å²) in [6, 6.07) is 13.7. The van der Waals surface area contributed by atoms with Gasteiger partial charge in [-0.25, -0.2) is 8.42 Å². The zero-order valence-electron chi connectivity index (χ0n) is 15.8. The minimum absolute atomic E-state index is 0.0629. The molecular weight excluding hydrogens is 398 g/mol. The first kappa shape index (κ1) is 20.7. The van der Waals surface area contributed by atoms with Crippen LogP contribution >= 0.6 is 0 Å². The van der Waals surface area contributed by atoms with Gasteiger partial charge in [-0.1, -0.05) is 18.2 Å². The topological polar surface area (TPSA) is 110 Å². The van der Waals surface area contributed by atoms with Crippen LogP contribution in [0.4, 0.5) is 5.69 Å². The molecule has 154 valence electrons. The van der Waals surface area contributed by atoms with Crippen molar-refractivity contribution in [3.8, 4) is 5.75 Å². The van der Waals surface area contributed by atoms with Crippen LogP contribution in [0.25, 0.3) is 0 Å². The number of non-ortho nitro benzene ring substituents is 1. The van der Waals surface area contributed by atoms with E-state index in [1.54, 1.807) is 42.2 Å². The molecule has 10 heteroatoms. The van der Waals surface area contributed by atoms with Gasteiger partial charge in [0.2, 0.25) is 10.0 Å². The fourth-order valence-electron chi connectivity index (χ4n) is 3.05. The van der Waals surface area contributed by atoms with Gasteiger partial charge in [0.25, 0.3) is 11.6 Å². The van der Waals surface area contributed by atoms with E-state index in [1.807, 2.05) is 0 Å². The number of hydrogen-bond acceptors (Lipinski definition) is 6. The minimum atomic E-state index is -3.58. The van der Waals surface area contributed by atoms with Gasteiger partial charge in [0.1, 0.15) is 5.75 Å². The number of amides is 1. The third-order valence-corrected chi connectivity index (χ3v) is 6.55. The van der Waals surface area contributed by atoms with Gasteiger partial charge in [0.05, 0.1) is 9.82 Å². The molecule has 0 bridgehead atoms. The van der Waals surface area contributed by atoms with Crippen LogP contribution in [0.1, 0.15) is 6.92 Å². The first-order chi connectivity index (χ1) is 13.8. The van der Waals surface area contributed by atoms with Crippen molar-refractivity contribution in [1.82, 2.24) is 9.21 Å². The summed E-state index contributed by atoms with van der Waals surface area (Å²) in [7, 11) is -3.58. The molecule has 1 fully saturated rings. The lowest BCUT2D eigenvalue weighted by Gasteiger charge is -2.35. The number of benzene rings is 2. The Morgan fingerprint density at radius 2 is 1.62 bits per heavy atom. The summed E-state index contributed by atoms with van der Waals surface area (Å²) >= 11 is 0. The molecule has 3 rings (SSSR count). The molecule has 0 unspecified atom stereocenters. The Hall–Kier alpha value is -2.98. The van der Waals surface area contributed by atoms with E-state index in [1.165, 1.54) is 28.6 Å². The van der Waals surface area contributed by atoms with Crippen LogP contribution in [0.3, 0.4) is 0 Å². The minimum Gasteiger partial charge on any atom is -0.481 e. The van der Waals surface area contributed by atoms with Crippen LogP contribution in [-0.4, -0.2) is 60.7 Å². The zero-order valence-corrected chi connectivity index (χ0v) is 16.6. The van der Waals surface area contributed by atoms with Gasteiger partial charge in [-0.2, -0.15) is 4.31 Å². The number of nitrogens with zero attached hydrogens (tertiary/aromatic N) is 3. The normalized spacial score (nSPS) is 16.2. The second-order valence-electron chi connectivity index (χ2n) is 6.55. The fraction of sp³-hybridized carbons (Fsp3) is 0.316. The Balaban J connectivity index is 1.57. The maximum absolute atomic E-state index is 12.7. The maximum atomic E-state index is 12.7. The molecule has 9 nitrogen and oxygen atoms in total. The molecule has 1 heterocycles. The van der Waals surface area contributed by atoms with Gasteiger partial charge in [-0.3, -0.25) is 14.9 Å². The Kier molecular flexibility index (Phi) is 6.14. The molecule has 1 saturated heterocycles. The van der Waals surface area contributed by atoms with E-state index >= 15 is 0 Å². The van der Waals surface area contributed by atoms with Crippen LogP contribution in [0, 0.1) is 10.1 Å². The Labute approximate surface area is 168 Å². The SMILES string of the molecule is C[C@H](Oc1ccc([N+](=O)[O-])cc1)C(=O)N1CCN(S(=O)(=O)c2ccccc2)CC1. The molecule has 2 aromatic carbocycles. The number of nitro groups is 1. The largest absolute Gasteiger partial charge is 0.481 e. The van der Waals surface area contributed by atoms with E-state index in [-0.39, 0.29) is 42.7 Å². The van der Waals surface area contributed by atoms with Crippen molar-refractivity contribution >= 4 is 21.6 Å². The Morgan fingerprint density at radius 1 is 1.03 bits per heavy atom. The van der Waals surface area contributed by atoms with Crippen molar-refractivity contribution in [2.24, 2.45) is 0 Å². The summed E-state index contributed by atoms with van der Waals surface area (Å²) in [5.74, 6) is 0.0850. The number of ether oxygens (including phenoxy) is 1. The smallest absolute Gasteiger partial charge is 0.269 e. The van der Waals surface area contributed by atoms with Crippen molar-refractivity contribution < 1.29 is 22.9 Å². The van der Waals surface area contributed by atoms with Gasteiger partial charge in [-0.05, 0) is 31.2 Å². The summed E-state index contributed by atoms with van der Waals surface area (Å²) in [4.78, 5) is 24.6. The second-order valence-corrected chi connectivity index (χ2v) is 8.49. The molecule has 1 amide bonds. The predicted octanol–water partition coefficient (Wildman–Crippen LogP) is 1.90. The highest BCUT2D eigenvalue weighted by Crippen LogP contribution is 2.20. The molecule has 2 aromatic rings. The lowest BCUT2D eigenvalue weighted by atomic mass is 10.2. The Morgan fingerprint density at radius 3 is 2.17 bits per heavy atom. The number of hydrogen-bond donors (Lipinski definition) is 0. The van der Waals surface area contributed by atoms with E-state index in [9.17, 15) is 23.3 Å². The van der Waals surface area contributed by atoms with Crippen LogP contribution in [0.15, 0.2) is 59.5 Å². The highest BCUT2D eigenvalue weighted by molar-refractivity contribution is 7.89. The first-order valence-corrected chi connectivity index (χ1v) is 10.5. The van der Waals surface area contributed by atoms with Crippen molar-refractivity contribution in [1.29, 1.82) is 0 Å². The van der Waals surface area contributed by atoms with E-state index in [2.05, 4.69) is 0 Å². The van der Waals surface area contributed by atoms with Crippen molar-refractivity contribution in [3.63, 3.8) is 0 Å². The maximum Gasteiger partial charge on any atom is 0.269 e. The molecule has 0 spiro atoms. The molecule has 0 saturated carbocycles. The molecule has 0 N–H and O–H groups in total. The van der Waals surface area contributed by atoms with Crippen molar-refractivity contribution in [3.05, 3.63) is 64.7 Å². The van der Waals surface area contributed by atoms with Crippen LogP contribution in [-0.2, 0) is 14.8 Å². The predicted molar refractivity (Wildman–Crippen MR) is 105 cm³/mol. The van der Waals surface area contributed by atoms with Crippen LogP contribution in [0.2, 0.25) is 0 Å². The average molecular weight is 419 g/mol. The van der Waals surface area contributed by atoms with E-state index in [0.29, 0.717) is 5.75 Å². The number of carbonyl (C=O) groups is 1. The van der Waals surface area contributed by atoms with Gasteiger partial charge >= 0.3 is 0 Å². The highest BCUT2D eigenvalue weighted by atomic mass is 32.2. The third kappa shape index (κ3) is 4.72. The zero-order chi connectivity index (χ0) is 21.0. The molecule has 29 heavy (non-hydrogen) atoms. The molecule has 1 aliphatic heterocycles. The van der Waals surface area contributed by atoms with E-state index < -0.39 is 21.1 Å². The monoisotopic (exact) mass is 419 g/mol. The molecule has 0 radical (unpaired) electrons. The number of piperazine rings is 1.